The van der Waals surface area contributed by atoms with Crippen LogP contribution in [0.15, 0.2) is 48.5 Å². The molecule has 4 rings (SSSR count). The fourth-order valence-corrected chi connectivity index (χ4v) is 4.00. The summed E-state index contributed by atoms with van der Waals surface area (Å²) in [7, 11) is 0. The fraction of sp³-hybridized carbons (Fsp3) is 0.409. The summed E-state index contributed by atoms with van der Waals surface area (Å²) in [5.74, 6) is 1.64. The number of aromatic nitrogens is 4. The Labute approximate surface area is 160 Å². The summed E-state index contributed by atoms with van der Waals surface area (Å²) in [6.07, 6.45) is 4.38. The normalized spacial score (nSPS) is 22.6. The van der Waals surface area contributed by atoms with Crippen LogP contribution in [0.1, 0.15) is 49.6 Å². The van der Waals surface area contributed by atoms with Crippen LogP contribution < -0.4 is 5.32 Å². The zero-order chi connectivity index (χ0) is 18.9. The number of rotatable bonds is 4. The number of tetrazole rings is 1. The van der Waals surface area contributed by atoms with Gasteiger partial charge in [0.05, 0.1) is 11.2 Å². The maximum Gasteiger partial charge on any atom is 0.181 e. The largest absolute Gasteiger partial charge is 0.373 e. The lowest BCUT2D eigenvalue weighted by Crippen LogP contribution is -2.41. The minimum atomic E-state index is -0.255. The van der Waals surface area contributed by atoms with Crippen LogP contribution in [-0.4, -0.2) is 20.2 Å². The number of hydrogen-bond donors (Lipinski definition) is 1. The molecule has 3 aromatic rings. The number of aryl methyl sites for hydroxylation is 2. The average molecular weight is 361 g/mol. The molecule has 0 unspecified atom stereocenters. The third-order valence-corrected chi connectivity index (χ3v) is 5.71. The number of nitrogens with zero attached hydrogens (tertiary/aromatic N) is 4. The molecule has 0 amide bonds. The summed E-state index contributed by atoms with van der Waals surface area (Å²) in [6, 6.07) is 16.9. The van der Waals surface area contributed by atoms with Gasteiger partial charge in [-0.05, 0) is 85.7 Å². The van der Waals surface area contributed by atoms with Gasteiger partial charge in [0.25, 0.3) is 0 Å². The Balaban J connectivity index is 1.76. The van der Waals surface area contributed by atoms with Gasteiger partial charge in [0.2, 0.25) is 0 Å². The van der Waals surface area contributed by atoms with Crippen molar-refractivity contribution in [3.05, 3.63) is 65.5 Å². The van der Waals surface area contributed by atoms with E-state index in [4.69, 9.17) is 0 Å². The third-order valence-electron chi connectivity index (χ3n) is 5.71. The quantitative estimate of drug-likeness (QED) is 0.725. The van der Waals surface area contributed by atoms with Gasteiger partial charge >= 0.3 is 0 Å². The van der Waals surface area contributed by atoms with E-state index in [1.165, 1.54) is 24.0 Å². The second-order valence-corrected chi connectivity index (χ2v) is 8.01. The molecule has 5 nitrogen and oxygen atoms in total. The molecule has 0 spiro atoms. The molecule has 0 saturated heterocycles. The van der Waals surface area contributed by atoms with Gasteiger partial charge in [-0.15, -0.1) is 5.10 Å². The Morgan fingerprint density at radius 1 is 1.00 bits per heavy atom. The first-order valence-electron chi connectivity index (χ1n) is 9.76. The van der Waals surface area contributed by atoms with Crippen molar-refractivity contribution < 1.29 is 0 Å². The van der Waals surface area contributed by atoms with Crippen molar-refractivity contribution in [2.24, 2.45) is 5.92 Å². The number of anilines is 1. The second-order valence-electron chi connectivity index (χ2n) is 8.01. The van der Waals surface area contributed by atoms with E-state index >= 15 is 0 Å². The molecular weight excluding hydrogens is 334 g/mol. The summed E-state index contributed by atoms with van der Waals surface area (Å²) in [4.78, 5) is 0. The lowest BCUT2D eigenvalue weighted by Gasteiger charge is -2.39. The van der Waals surface area contributed by atoms with Gasteiger partial charge in [-0.2, -0.15) is 4.68 Å². The van der Waals surface area contributed by atoms with E-state index in [1.54, 1.807) is 0 Å². The molecule has 5 heteroatoms. The van der Waals surface area contributed by atoms with E-state index in [0.29, 0.717) is 0 Å². The SMILES string of the molecule is Cc1ccc(-n2nnnc2C2(Nc3cccc(C)c3)CCC(C)CC2)cc1. The number of nitrogens with one attached hydrogen (secondary N) is 1. The molecule has 1 saturated carbocycles. The maximum atomic E-state index is 4.49. The van der Waals surface area contributed by atoms with Gasteiger partial charge in [-0.25, -0.2) is 0 Å². The first-order valence-corrected chi connectivity index (χ1v) is 9.76. The van der Waals surface area contributed by atoms with Crippen molar-refractivity contribution in [3.8, 4) is 5.69 Å². The molecule has 27 heavy (non-hydrogen) atoms. The Morgan fingerprint density at radius 2 is 1.74 bits per heavy atom. The van der Waals surface area contributed by atoms with E-state index in [1.807, 2.05) is 4.68 Å². The van der Waals surface area contributed by atoms with Crippen molar-refractivity contribution in [1.29, 1.82) is 0 Å². The highest BCUT2D eigenvalue weighted by Gasteiger charge is 2.40. The zero-order valence-electron chi connectivity index (χ0n) is 16.3. The molecule has 1 aliphatic carbocycles. The molecule has 0 atom stereocenters. The van der Waals surface area contributed by atoms with Crippen molar-refractivity contribution in [2.45, 2.75) is 52.0 Å². The molecule has 0 radical (unpaired) electrons. The minimum Gasteiger partial charge on any atom is -0.373 e. The molecular formula is C22H27N5. The summed E-state index contributed by atoms with van der Waals surface area (Å²) in [5, 5.41) is 16.7. The molecule has 0 bridgehead atoms. The van der Waals surface area contributed by atoms with E-state index in [9.17, 15) is 0 Å². The maximum absolute atomic E-state index is 4.49. The Bertz CT molecular complexity index is 904. The lowest BCUT2D eigenvalue weighted by atomic mass is 9.76. The van der Waals surface area contributed by atoms with Crippen LogP contribution in [0.5, 0.6) is 0 Å². The Morgan fingerprint density at radius 3 is 2.44 bits per heavy atom. The molecule has 2 aromatic carbocycles. The van der Waals surface area contributed by atoms with Crippen LogP contribution in [-0.2, 0) is 5.54 Å². The van der Waals surface area contributed by atoms with Gasteiger partial charge in [0.1, 0.15) is 0 Å². The standard InChI is InChI=1S/C22H27N5/c1-16-7-9-20(10-8-16)27-21(24-25-26-27)22(13-11-17(2)12-14-22)23-19-6-4-5-18(3)15-19/h4-10,15,17,23H,11-14H2,1-3H3. The monoisotopic (exact) mass is 361 g/mol. The molecule has 140 valence electrons. The second kappa shape index (κ2) is 7.14. The molecule has 1 heterocycles. The van der Waals surface area contributed by atoms with Gasteiger partial charge in [0.15, 0.2) is 5.82 Å². The average Bonchev–Trinajstić information content (AvgIpc) is 3.15. The molecule has 1 aliphatic rings. The van der Waals surface area contributed by atoms with Crippen LogP contribution in [0.3, 0.4) is 0 Å². The first-order chi connectivity index (χ1) is 13.1. The van der Waals surface area contributed by atoms with Crippen LogP contribution in [0.2, 0.25) is 0 Å². The smallest absolute Gasteiger partial charge is 0.181 e. The van der Waals surface area contributed by atoms with Crippen molar-refractivity contribution in [3.63, 3.8) is 0 Å². The summed E-state index contributed by atoms with van der Waals surface area (Å²) < 4.78 is 1.90. The van der Waals surface area contributed by atoms with Gasteiger partial charge in [0, 0.05) is 5.69 Å². The predicted molar refractivity (Wildman–Crippen MR) is 108 cm³/mol. The van der Waals surface area contributed by atoms with Crippen molar-refractivity contribution in [1.82, 2.24) is 20.2 Å². The number of benzene rings is 2. The van der Waals surface area contributed by atoms with Gasteiger partial charge < -0.3 is 5.32 Å². The lowest BCUT2D eigenvalue weighted by molar-refractivity contribution is 0.255. The van der Waals surface area contributed by atoms with Crippen LogP contribution >= 0.6 is 0 Å². The first kappa shape index (κ1) is 17.7. The van der Waals surface area contributed by atoms with E-state index in [0.717, 1.165) is 36.0 Å². The van der Waals surface area contributed by atoms with E-state index in [-0.39, 0.29) is 5.54 Å². The minimum absolute atomic E-state index is 0.255. The predicted octanol–water partition coefficient (Wildman–Crippen LogP) is 4.80. The zero-order valence-corrected chi connectivity index (χ0v) is 16.3. The molecule has 0 aliphatic heterocycles. The van der Waals surface area contributed by atoms with Crippen molar-refractivity contribution >= 4 is 5.69 Å². The van der Waals surface area contributed by atoms with Crippen molar-refractivity contribution in [2.75, 3.05) is 5.32 Å². The fourth-order valence-electron chi connectivity index (χ4n) is 4.00. The van der Waals surface area contributed by atoms with Gasteiger partial charge in [-0.3, -0.25) is 0 Å². The highest BCUT2D eigenvalue weighted by atomic mass is 15.6. The summed E-state index contributed by atoms with van der Waals surface area (Å²) in [5.41, 5.74) is 4.35. The van der Waals surface area contributed by atoms with Gasteiger partial charge in [-0.1, -0.05) is 36.8 Å². The Hall–Kier alpha value is -2.69. The highest BCUT2D eigenvalue weighted by Crippen LogP contribution is 2.41. The third kappa shape index (κ3) is 3.59. The topological polar surface area (TPSA) is 55.6 Å². The summed E-state index contributed by atoms with van der Waals surface area (Å²) in [6.45, 7) is 6.55. The number of hydrogen-bond acceptors (Lipinski definition) is 4. The van der Waals surface area contributed by atoms with E-state index < -0.39 is 0 Å². The Kier molecular flexibility index (Phi) is 4.68. The summed E-state index contributed by atoms with van der Waals surface area (Å²) >= 11 is 0. The van der Waals surface area contributed by atoms with Crippen LogP contribution in [0.25, 0.3) is 5.69 Å². The molecule has 1 aromatic heterocycles. The molecule has 1 N–H and O–H groups in total. The van der Waals surface area contributed by atoms with Crippen LogP contribution in [0, 0.1) is 19.8 Å². The van der Waals surface area contributed by atoms with E-state index in [2.05, 4.69) is 90.1 Å². The highest BCUT2D eigenvalue weighted by molar-refractivity contribution is 5.49. The van der Waals surface area contributed by atoms with Crippen LogP contribution in [0.4, 0.5) is 5.69 Å². The molecule has 1 fully saturated rings.